The van der Waals surface area contributed by atoms with Crippen molar-refractivity contribution in [3.05, 3.63) is 84.3 Å². The highest BCUT2D eigenvalue weighted by Crippen LogP contribution is 2.31. The zero-order valence-electron chi connectivity index (χ0n) is 17.9. The van der Waals surface area contributed by atoms with Crippen molar-refractivity contribution in [2.75, 3.05) is 31.1 Å². The summed E-state index contributed by atoms with van der Waals surface area (Å²) in [5, 5.41) is 5.59. The van der Waals surface area contributed by atoms with Crippen molar-refractivity contribution in [2.24, 2.45) is 0 Å². The van der Waals surface area contributed by atoms with Gasteiger partial charge in [-0.05, 0) is 17.5 Å². The van der Waals surface area contributed by atoms with E-state index in [2.05, 4.69) is 92.5 Å². The van der Waals surface area contributed by atoms with Crippen LogP contribution in [0.5, 0.6) is 0 Å². The molecule has 31 heavy (non-hydrogen) atoms. The van der Waals surface area contributed by atoms with Gasteiger partial charge in [-0.2, -0.15) is 5.10 Å². The first-order chi connectivity index (χ1) is 15.3. The molecule has 1 aliphatic heterocycles. The van der Waals surface area contributed by atoms with Gasteiger partial charge in [-0.1, -0.05) is 67.6 Å². The van der Waals surface area contributed by atoms with Gasteiger partial charge in [-0.3, -0.25) is 4.90 Å². The number of piperazine rings is 1. The van der Waals surface area contributed by atoms with E-state index in [9.17, 15) is 0 Å². The Hall–Kier alpha value is -3.25. The molecule has 0 amide bonds. The summed E-state index contributed by atoms with van der Waals surface area (Å²) >= 11 is 0. The summed E-state index contributed by atoms with van der Waals surface area (Å²) in [6.07, 6.45) is 4.63. The van der Waals surface area contributed by atoms with Gasteiger partial charge in [-0.15, -0.1) is 0 Å². The van der Waals surface area contributed by atoms with Crippen LogP contribution in [0.2, 0.25) is 0 Å². The predicted molar refractivity (Wildman–Crippen MR) is 124 cm³/mol. The molecule has 0 N–H and O–H groups in total. The van der Waals surface area contributed by atoms with Crippen LogP contribution < -0.4 is 4.90 Å². The molecule has 6 nitrogen and oxygen atoms in total. The highest BCUT2D eigenvalue weighted by Gasteiger charge is 2.27. The number of hydrogen-bond acceptors (Lipinski definition) is 5. The minimum absolute atomic E-state index is 0.266. The van der Waals surface area contributed by atoms with E-state index in [1.807, 2.05) is 10.9 Å². The number of anilines is 1. The molecule has 3 heterocycles. The van der Waals surface area contributed by atoms with Crippen molar-refractivity contribution in [1.29, 1.82) is 0 Å². The summed E-state index contributed by atoms with van der Waals surface area (Å²) in [5.74, 6) is 1.00. The maximum Gasteiger partial charge on any atom is 0.163 e. The number of fused-ring (bicyclic) bond motifs is 1. The first-order valence-corrected chi connectivity index (χ1v) is 11.1. The molecule has 0 bridgehead atoms. The van der Waals surface area contributed by atoms with Gasteiger partial charge in [0.2, 0.25) is 0 Å². The summed E-state index contributed by atoms with van der Waals surface area (Å²) in [7, 11) is 0. The third-order valence-electron chi connectivity index (χ3n) is 6.06. The number of nitrogens with zero attached hydrogens (tertiary/aromatic N) is 6. The smallest absolute Gasteiger partial charge is 0.163 e. The van der Waals surface area contributed by atoms with Crippen LogP contribution in [0, 0.1) is 0 Å². The van der Waals surface area contributed by atoms with Gasteiger partial charge in [0, 0.05) is 32.7 Å². The number of rotatable bonds is 6. The summed E-state index contributed by atoms with van der Waals surface area (Å²) in [5.41, 5.74) is 3.61. The van der Waals surface area contributed by atoms with E-state index >= 15 is 0 Å². The summed E-state index contributed by atoms with van der Waals surface area (Å²) in [6.45, 7) is 6.85. The summed E-state index contributed by atoms with van der Waals surface area (Å²) in [4.78, 5) is 14.1. The molecule has 5 rings (SSSR count). The highest BCUT2D eigenvalue weighted by atomic mass is 15.3. The van der Waals surface area contributed by atoms with Gasteiger partial charge in [0.25, 0.3) is 0 Å². The van der Waals surface area contributed by atoms with Crippen LogP contribution in [0.1, 0.15) is 30.5 Å². The van der Waals surface area contributed by atoms with E-state index in [0.29, 0.717) is 0 Å². The molecule has 1 saturated heterocycles. The van der Waals surface area contributed by atoms with Crippen molar-refractivity contribution in [3.63, 3.8) is 0 Å². The van der Waals surface area contributed by atoms with E-state index < -0.39 is 0 Å². The van der Waals surface area contributed by atoms with Crippen LogP contribution in [-0.4, -0.2) is 50.8 Å². The molecule has 0 saturated carbocycles. The largest absolute Gasteiger partial charge is 0.353 e. The van der Waals surface area contributed by atoms with Gasteiger partial charge in [-0.25, -0.2) is 14.6 Å². The molecule has 2 aromatic carbocycles. The fourth-order valence-electron chi connectivity index (χ4n) is 4.58. The van der Waals surface area contributed by atoms with Gasteiger partial charge < -0.3 is 4.90 Å². The standard InChI is InChI=1S/C25H28N6/c1-2-13-31-25-22(18-28-31)24(26-19-27-25)30-16-14-29(15-17-30)23(20-9-5-3-6-10-20)21-11-7-4-8-12-21/h3-12,18-19,23H,2,13-17H2,1H3. The Morgan fingerprint density at radius 1 is 0.839 bits per heavy atom. The molecule has 6 heteroatoms. The maximum absolute atomic E-state index is 4.63. The second kappa shape index (κ2) is 8.86. The summed E-state index contributed by atoms with van der Waals surface area (Å²) in [6, 6.07) is 21.9. The quantitative estimate of drug-likeness (QED) is 0.476. The molecule has 1 aliphatic rings. The molecule has 0 atom stereocenters. The van der Waals surface area contributed by atoms with Gasteiger partial charge in [0.15, 0.2) is 5.65 Å². The van der Waals surface area contributed by atoms with Gasteiger partial charge >= 0.3 is 0 Å². The van der Waals surface area contributed by atoms with Crippen LogP contribution in [-0.2, 0) is 6.54 Å². The molecular weight excluding hydrogens is 384 g/mol. The Labute approximate surface area is 183 Å². The van der Waals surface area contributed by atoms with Crippen molar-refractivity contribution in [2.45, 2.75) is 25.9 Å². The van der Waals surface area contributed by atoms with Crippen molar-refractivity contribution >= 4 is 16.9 Å². The predicted octanol–water partition coefficient (Wildman–Crippen LogP) is 4.15. The van der Waals surface area contributed by atoms with E-state index in [1.165, 1.54) is 11.1 Å². The minimum atomic E-state index is 0.266. The van der Waals surface area contributed by atoms with Gasteiger partial charge in [0.1, 0.15) is 12.1 Å². The van der Waals surface area contributed by atoms with Crippen LogP contribution in [0.3, 0.4) is 0 Å². The monoisotopic (exact) mass is 412 g/mol. The lowest BCUT2D eigenvalue weighted by Gasteiger charge is -2.40. The fourth-order valence-corrected chi connectivity index (χ4v) is 4.58. The first kappa shape index (κ1) is 19.7. The maximum atomic E-state index is 4.63. The Morgan fingerprint density at radius 2 is 1.48 bits per heavy atom. The Morgan fingerprint density at radius 3 is 2.10 bits per heavy atom. The van der Waals surface area contributed by atoms with Crippen molar-refractivity contribution in [1.82, 2.24) is 24.6 Å². The second-order valence-corrected chi connectivity index (χ2v) is 8.05. The second-order valence-electron chi connectivity index (χ2n) is 8.05. The molecule has 0 aliphatic carbocycles. The average Bonchev–Trinajstić information content (AvgIpc) is 3.25. The molecule has 0 radical (unpaired) electrons. The zero-order chi connectivity index (χ0) is 21.0. The summed E-state index contributed by atoms with van der Waals surface area (Å²) < 4.78 is 1.98. The lowest BCUT2D eigenvalue weighted by molar-refractivity contribution is 0.212. The third-order valence-corrected chi connectivity index (χ3v) is 6.06. The third kappa shape index (κ3) is 3.91. The molecule has 1 fully saturated rings. The Kier molecular flexibility index (Phi) is 5.63. The molecule has 0 unspecified atom stereocenters. The van der Waals surface area contributed by atoms with E-state index in [-0.39, 0.29) is 6.04 Å². The van der Waals surface area contributed by atoms with Crippen molar-refractivity contribution in [3.8, 4) is 0 Å². The highest BCUT2D eigenvalue weighted by molar-refractivity contribution is 5.86. The molecule has 2 aromatic heterocycles. The van der Waals surface area contributed by atoms with E-state index in [0.717, 1.165) is 56.0 Å². The van der Waals surface area contributed by atoms with Crippen molar-refractivity contribution < 1.29 is 0 Å². The zero-order valence-corrected chi connectivity index (χ0v) is 17.9. The van der Waals surface area contributed by atoms with Crippen LogP contribution in [0.4, 0.5) is 5.82 Å². The molecule has 158 valence electrons. The Balaban J connectivity index is 1.39. The first-order valence-electron chi connectivity index (χ1n) is 11.1. The Bertz CT molecular complexity index is 1080. The number of hydrogen-bond donors (Lipinski definition) is 0. The van der Waals surface area contributed by atoms with Crippen LogP contribution >= 0.6 is 0 Å². The SMILES string of the molecule is CCCn1ncc2c(N3CCN(C(c4ccccc4)c4ccccc4)CC3)ncnc21. The number of benzene rings is 2. The molecule has 0 spiro atoms. The molecular formula is C25H28N6. The topological polar surface area (TPSA) is 50.1 Å². The van der Waals surface area contributed by atoms with Crippen LogP contribution in [0.15, 0.2) is 73.2 Å². The normalized spacial score (nSPS) is 15.1. The lowest BCUT2D eigenvalue weighted by Crippen LogP contribution is -2.48. The molecule has 4 aromatic rings. The lowest BCUT2D eigenvalue weighted by atomic mass is 9.96. The van der Waals surface area contributed by atoms with Crippen LogP contribution in [0.25, 0.3) is 11.0 Å². The van der Waals surface area contributed by atoms with E-state index in [4.69, 9.17) is 0 Å². The average molecular weight is 413 g/mol. The van der Waals surface area contributed by atoms with Gasteiger partial charge in [0.05, 0.1) is 17.6 Å². The fraction of sp³-hybridized carbons (Fsp3) is 0.320. The van der Waals surface area contributed by atoms with E-state index in [1.54, 1.807) is 6.33 Å². The number of aryl methyl sites for hydroxylation is 1. The number of aromatic nitrogens is 4. The minimum Gasteiger partial charge on any atom is -0.353 e.